The first-order chi connectivity index (χ1) is 7.70. The van der Waals surface area contributed by atoms with Crippen LogP contribution in [0.4, 0.5) is 0 Å². The molecule has 0 radical (unpaired) electrons. The van der Waals surface area contributed by atoms with Gasteiger partial charge in [-0.1, -0.05) is 48.5 Å². The number of benzene rings is 2. The molecular formula is C14H12O2. The molecule has 2 heteroatoms. The Labute approximate surface area is 94.2 Å². The van der Waals surface area contributed by atoms with Gasteiger partial charge in [0.05, 0.1) is 5.56 Å². The number of carboxylic acids is 1. The van der Waals surface area contributed by atoms with Crippen LogP contribution in [0.15, 0.2) is 48.5 Å². The van der Waals surface area contributed by atoms with E-state index in [4.69, 9.17) is 0 Å². The number of aryl methyl sites for hydroxylation is 1. The van der Waals surface area contributed by atoms with E-state index in [0.29, 0.717) is 5.56 Å². The van der Waals surface area contributed by atoms with Gasteiger partial charge in [-0.25, -0.2) is 4.79 Å². The second-order valence-electron chi connectivity index (χ2n) is 3.67. The maximum Gasteiger partial charge on any atom is 0.336 e. The van der Waals surface area contributed by atoms with Gasteiger partial charge in [0.15, 0.2) is 0 Å². The summed E-state index contributed by atoms with van der Waals surface area (Å²) in [6.07, 6.45) is 0. The third-order valence-corrected chi connectivity index (χ3v) is 2.57. The Balaban J connectivity index is 2.66. The third-order valence-electron chi connectivity index (χ3n) is 2.57. The maximum absolute atomic E-state index is 11.2. The van der Waals surface area contributed by atoms with Crippen LogP contribution in [-0.4, -0.2) is 11.1 Å². The summed E-state index contributed by atoms with van der Waals surface area (Å²) in [4.78, 5) is 11.2. The Kier molecular flexibility index (Phi) is 2.73. The van der Waals surface area contributed by atoms with Gasteiger partial charge in [-0.05, 0) is 23.6 Å². The SMILES string of the molecule is Cc1cccc(-c2ccccc2)c1C(=O)O. The third kappa shape index (κ3) is 1.82. The Morgan fingerprint density at radius 3 is 2.31 bits per heavy atom. The first-order valence-electron chi connectivity index (χ1n) is 5.08. The van der Waals surface area contributed by atoms with Crippen molar-refractivity contribution in [1.82, 2.24) is 0 Å². The Bertz CT molecular complexity index is 516. The van der Waals surface area contributed by atoms with Crippen molar-refractivity contribution in [1.29, 1.82) is 0 Å². The van der Waals surface area contributed by atoms with Gasteiger partial charge in [0.25, 0.3) is 0 Å². The van der Waals surface area contributed by atoms with E-state index < -0.39 is 5.97 Å². The van der Waals surface area contributed by atoms with E-state index in [0.717, 1.165) is 16.7 Å². The molecule has 2 nitrogen and oxygen atoms in total. The van der Waals surface area contributed by atoms with Crippen LogP contribution in [0.5, 0.6) is 0 Å². The first kappa shape index (κ1) is 10.4. The lowest BCUT2D eigenvalue weighted by Gasteiger charge is -2.08. The van der Waals surface area contributed by atoms with Crippen LogP contribution >= 0.6 is 0 Å². The van der Waals surface area contributed by atoms with Gasteiger partial charge in [-0.2, -0.15) is 0 Å². The molecule has 0 bridgehead atoms. The molecule has 0 unspecified atom stereocenters. The molecule has 0 amide bonds. The number of aromatic carboxylic acids is 1. The summed E-state index contributed by atoms with van der Waals surface area (Å²) in [5.74, 6) is -0.878. The van der Waals surface area contributed by atoms with Crippen molar-refractivity contribution in [3.05, 3.63) is 59.7 Å². The van der Waals surface area contributed by atoms with Crippen LogP contribution in [0, 0.1) is 6.92 Å². The number of hydrogen-bond donors (Lipinski definition) is 1. The molecule has 0 spiro atoms. The van der Waals surface area contributed by atoms with Gasteiger partial charge in [-0.15, -0.1) is 0 Å². The topological polar surface area (TPSA) is 37.3 Å². The molecule has 0 fully saturated rings. The summed E-state index contributed by atoms with van der Waals surface area (Å²) in [6.45, 7) is 1.82. The van der Waals surface area contributed by atoms with Crippen molar-refractivity contribution in [2.45, 2.75) is 6.92 Å². The highest BCUT2D eigenvalue weighted by Crippen LogP contribution is 2.25. The summed E-state index contributed by atoms with van der Waals surface area (Å²) in [5.41, 5.74) is 2.87. The normalized spacial score (nSPS) is 10.1. The van der Waals surface area contributed by atoms with Gasteiger partial charge in [-0.3, -0.25) is 0 Å². The predicted octanol–water partition coefficient (Wildman–Crippen LogP) is 3.36. The molecule has 0 aliphatic rings. The number of carbonyl (C=O) groups is 1. The van der Waals surface area contributed by atoms with Gasteiger partial charge >= 0.3 is 5.97 Å². The second-order valence-corrected chi connectivity index (χ2v) is 3.67. The maximum atomic E-state index is 11.2. The van der Waals surface area contributed by atoms with Crippen LogP contribution in [0.3, 0.4) is 0 Å². The lowest BCUT2D eigenvalue weighted by molar-refractivity contribution is 0.0697. The van der Waals surface area contributed by atoms with E-state index >= 15 is 0 Å². The zero-order valence-corrected chi connectivity index (χ0v) is 8.97. The summed E-state index contributed by atoms with van der Waals surface area (Å²) in [6, 6.07) is 15.1. The standard InChI is InChI=1S/C14H12O2/c1-10-6-5-9-12(13(10)14(15)16)11-7-3-2-4-8-11/h2-9H,1H3,(H,15,16). The molecule has 0 saturated heterocycles. The van der Waals surface area contributed by atoms with Crippen LogP contribution in [0.2, 0.25) is 0 Å². The van der Waals surface area contributed by atoms with Gasteiger partial charge < -0.3 is 5.11 Å². The molecule has 0 aliphatic heterocycles. The van der Waals surface area contributed by atoms with Gasteiger partial charge in [0, 0.05) is 0 Å². The molecular weight excluding hydrogens is 200 g/mol. The fraction of sp³-hybridized carbons (Fsp3) is 0.0714. The summed E-state index contributed by atoms with van der Waals surface area (Å²) in [7, 11) is 0. The fourth-order valence-corrected chi connectivity index (χ4v) is 1.81. The zero-order valence-electron chi connectivity index (χ0n) is 8.97. The van der Waals surface area contributed by atoms with E-state index in [-0.39, 0.29) is 0 Å². The van der Waals surface area contributed by atoms with Gasteiger partial charge in [0.1, 0.15) is 0 Å². The van der Waals surface area contributed by atoms with E-state index in [9.17, 15) is 9.90 Å². The zero-order chi connectivity index (χ0) is 11.5. The predicted molar refractivity (Wildman–Crippen MR) is 63.6 cm³/mol. The van der Waals surface area contributed by atoms with Crippen molar-refractivity contribution in [3.63, 3.8) is 0 Å². The minimum absolute atomic E-state index is 0.383. The van der Waals surface area contributed by atoms with Crippen molar-refractivity contribution in [2.75, 3.05) is 0 Å². The molecule has 0 aliphatic carbocycles. The van der Waals surface area contributed by atoms with Crippen molar-refractivity contribution in [3.8, 4) is 11.1 Å². The van der Waals surface area contributed by atoms with Crippen LogP contribution in [-0.2, 0) is 0 Å². The monoisotopic (exact) mass is 212 g/mol. The van der Waals surface area contributed by atoms with Gasteiger partial charge in [0.2, 0.25) is 0 Å². The minimum atomic E-state index is -0.878. The molecule has 2 aromatic carbocycles. The van der Waals surface area contributed by atoms with Crippen LogP contribution in [0.1, 0.15) is 15.9 Å². The highest BCUT2D eigenvalue weighted by Gasteiger charge is 2.13. The average molecular weight is 212 g/mol. The number of hydrogen-bond acceptors (Lipinski definition) is 1. The smallest absolute Gasteiger partial charge is 0.336 e. The molecule has 2 rings (SSSR count). The quantitative estimate of drug-likeness (QED) is 0.828. The summed E-state index contributed by atoms with van der Waals surface area (Å²) in [5, 5.41) is 9.21. The highest BCUT2D eigenvalue weighted by molar-refractivity contribution is 5.97. The van der Waals surface area contributed by atoms with E-state index in [1.807, 2.05) is 55.5 Å². The van der Waals surface area contributed by atoms with Crippen molar-refractivity contribution in [2.24, 2.45) is 0 Å². The number of carboxylic acid groups (broad SMARTS) is 1. The highest BCUT2D eigenvalue weighted by atomic mass is 16.4. The van der Waals surface area contributed by atoms with E-state index in [1.165, 1.54) is 0 Å². The molecule has 0 atom stereocenters. The van der Waals surface area contributed by atoms with Crippen LogP contribution < -0.4 is 0 Å². The van der Waals surface area contributed by atoms with E-state index in [2.05, 4.69) is 0 Å². The van der Waals surface area contributed by atoms with Crippen molar-refractivity contribution < 1.29 is 9.90 Å². The van der Waals surface area contributed by atoms with E-state index in [1.54, 1.807) is 0 Å². The number of rotatable bonds is 2. The molecule has 80 valence electrons. The summed E-state index contributed by atoms with van der Waals surface area (Å²) >= 11 is 0. The first-order valence-corrected chi connectivity index (χ1v) is 5.08. The Morgan fingerprint density at radius 1 is 1.00 bits per heavy atom. The second kappa shape index (κ2) is 4.19. The Morgan fingerprint density at radius 2 is 1.69 bits per heavy atom. The fourth-order valence-electron chi connectivity index (χ4n) is 1.81. The molecule has 0 aromatic heterocycles. The minimum Gasteiger partial charge on any atom is -0.478 e. The molecule has 1 N–H and O–H groups in total. The average Bonchev–Trinajstić information content (AvgIpc) is 2.29. The van der Waals surface area contributed by atoms with Crippen molar-refractivity contribution >= 4 is 5.97 Å². The molecule has 16 heavy (non-hydrogen) atoms. The largest absolute Gasteiger partial charge is 0.478 e. The molecule has 0 saturated carbocycles. The Hall–Kier alpha value is -2.09. The summed E-state index contributed by atoms with van der Waals surface area (Å²) < 4.78 is 0. The van der Waals surface area contributed by atoms with Crippen LogP contribution in [0.25, 0.3) is 11.1 Å². The lowest BCUT2D eigenvalue weighted by atomic mass is 9.96. The molecule has 2 aromatic rings. The lowest BCUT2D eigenvalue weighted by Crippen LogP contribution is -2.02. The molecule has 0 heterocycles.